The SMILES string of the molecule is Cc1cc(NCc2ccc(CO)o2)nn1-c1cccc(F)c1. The molecule has 0 saturated heterocycles. The quantitative estimate of drug-likeness (QED) is 0.760. The number of halogens is 1. The summed E-state index contributed by atoms with van der Waals surface area (Å²) in [7, 11) is 0. The summed E-state index contributed by atoms with van der Waals surface area (Å²) >= 11 is 0. The smallest absolute Gasteiger partial charge is 0.149 e. The maximum absolute atomic E-state index is 13.3. The fourth-order valence-electron chi connectivity index (χ4n) is 2.21. The van der Waals surface area contributed by atoms with Crippen molar-refractivity contribution in [1.29, 1.82) is 0 Å². The van der Waals surface area contributed by atoms with Gasteiger partial charge in [-0.2, -0.15) is 5.10 Å². The van der Waals surface area contributed by atoms with E-state index in [9.17, 15) is 4.39 Å². The predicted octanol–water partition coefficient (Wildman–Crippen LogP) is 3.02. The Bertz CT molecular complexity index is 779. The molecule has 2 heterocycles. The number of aliphatic hydroxyl groups is 1. The van der Waals surface area contributed by atoms with E-state index in [1.165, 1.54) is 12.1 Å². The lowest BCUT2D eigenvalue weighted by Crippen LogP contribution is -2.02. The van der Waals surface area contributed by atoms with Crippen molar-refractivity contribution in [2.45, 2.75) is 20.1 Å². The molecule has 0 unspecified atom stereocenters. The van der Waals surface area contributed by atoms with E-state index in [4.69, 9.17) is 9.52 Å². The second-order valence-corrected chi connectivity index (χ2v) is 4.94. The van der Waals surface area contributed by atoms with Gasteiger partial charge < -0.3 is 14.8 Å². The first kappa shape index (κ1) is 14.3. The number of furan rings is 1. The normalized spacial score (nSPS) is 10.9. The van der Waals surface area contributed by atoms with Gasteiger partial charge in [0.2, 0.25) is 0 Å². The number of nitrogens with one attached hydrogen (secondary N) is 1. The topological polar surface area (TPSA) is 63.2 Å². The van der Waals surface area contributed by atoms with Crippen molar-refractivity contribution in [3.63, 3.8) is 0 Å². The molecule has 6 heteroatoms. The monoisotopic (exact) mass is 301 g/mol. The molecule has 0 aliphatic rings. The number of aromatic nitrogens is 2. The third-order valence-corrected chi connectivity index (χ3v) is 3.26. The second kappa shape index (κ2) is 6.03. The van der Waals surface area contributed by atoms with Gasteiger partial charge in [0.05, 0.1) is 12.2 Å². The minimum atomic E-state index is -0.297. The van der Waals surface area contributed by atoms with Crippen LogP contribution in [0.2, 0.25) is 0 Å². The van der Waals surface area contributed by atoms with Crippen LogP contribution < -0.4 is 5.32 Å². The summed E-state index contributed by atoms with van der Waals surface area (Å²) in [5.74, 6) is 1.61. The summed E-state index contributed by atoms with van der Waals surface area (Å²) in [6.07, 6.45) is 0. The highest BCUT2D eigenvalue weighted by Gasteiger charge is 2.08. The maximum Gasteiger partial charge on any atom is 0.149 e. The van der Waals surface area contributed by atoms with Crippen molar-refractivity contribution in [2.75, 3.05) is 5.32 Å². The second-order valence-electron chi connectivity index (χ2n) is 4.94. The first-order valence-electron chi connectivity index (χ1n) is 6.90. The van der Waals surface area contributed by atoms with Crippen molar-refractivity contribution in [1.82, 2.24) is 9.78 Å². The molecule has 22 heavy (non-hydrogen) atoms. The Labute approximate surface area is 127 Å². The standard InChI is InChI=1S/C16H16FN3O2/c1-11-7-16(18-9-14-5-6-15(10-21)22-14)19-20(11)13-4-2-3-12(17)8-13/h2-8,21H,9-10H2,1H3,(H,18,19). The fraction of sp³-hybridized carbons (Fsp3) is 0.188. The van der Waals surface area contributed by atoms with Crippen LogP contribution in [0.5, 0.6) is 0 Å². The maximum atomic E-state index is 13.3. The first-order chi connectivity index (χ1) is 10.7. The Morgan fingerprint density at radius 2 is 2.05 bits per heavy atom. The minimum absolute atomic E-state index is 0.118. The van der Waals surface area contributed by atoms with Crippen molar-refractivity contribution in [2.24, 2.45) is 0 Å². The van der Waals surface area contributed by atoms with Gasteiger partial charge in [-0.3, -0.25) is 0 Å². The highest BCUT2D eigenvalue weighted by atomic mass is 19.1. The first-order valence-corrected chi connectivity index (χ1v) is 6.90. The number of aryl methyl sites for hydroxylation is 1. The molecule has 0 fully saturated rings. The number of aliphatic hydroxyl groups excluding tert-OH is 1. The summed E-state index contributed by atoms with van der Waals surface area (Å²) in [5, 5.41) is 16.5. The van der Waals surface area contributed by atoms with Gasteiger partial charge in [0.1, 0.15) is 29.8 Å². The van der Waals surface area contributed by atoms with Crippen LogP contribution >= 0.6 is 0 Å². The van der Waals surface area contributed by atoms with Gasteiger partial charge in [-0.25, -0.2) is 9.07 Å². The third-order valence-electron chi connectivity index (χ3n) is 3.26. The van der Waals surface area contributed by atoms with Crippen LogP contribution in [-0.2, 0) is 13.2 Å². The van der Waals surface area contributed by atoms with Crippen LogP contribution in [0, 0.1) is 12.7 Å². The molecule has 5 nitrogen and oxygen atoms in total. The van der Waals surface area contributed by atoms with Gasteiger partial charge in [-0.05, 0) is 37.3 Å². The van der Waals surface area contributed by atoms with E-state index in [0.29, 0.717) is 29.6 Å². The van der Waals surface area contributed by atoms with Crippen molar-refractivity contribution in [3.05, 3.63) is 65.5 Å². The zero-order valence-electron chi connectivity index (χ0n) is 12.1. The van der Waals surface area contributed by atoms with Crippen LogP contribution in [-0.4, -0.2) is 14.9 Å². The van der Waals surface area contributed by atoms with E-state index < -0.39 is 0 Å². The summed E-state index contributed by atoms with van der Waals surface area (Å²) in [6.45, 7) is 2.24. The van der Waals surface area contributed by atoms with Gasteiger partial charge in [0.25, 0.3) is 0 Å². The molecule has 2 aromatic heterocycles. The van der Waals surface area contributed by atoms with Gasteiger partial charge >= 0.3 is 0 Å². The number of hydrogen-bond acceptors (Lipinski definition) is 4. The Hall–Kier alpha value is -2.60. The van der Waals surface area contributed by atoms with Gasteiger partial charge in [0, 0.05) is 11.8 Å². The van der Waals surface area contributed by atoms with Crippen LogP contribution in [0.4, 0.5) is 10.2 Å². The van der Waals surface area contributed by atoms with E-state index in [1.807, 2.05) is 13.0 Å². The molecule has 0 bridgehead atoms. The molecule has 0 radical (unpaired) electrons. The Morgan fingerprint density at radius 3 is 2.77 bits per heavy atom. The van der Waals surface area contributed by atoms with E-state index >= 15 is 0 Å². The van der Waals surface area contributed by atoms with E-state index in [1.54, 1.807) is 28.9 Å². The Kier molecular flexibility index (Phi) is 3.93. The average molecular weight is 301 g/mol. The van der Waals surface area contributed by atoms with Crippen molar-refractivity contribution < 1.29 is 13.9 Å². The molecular weight excluding hydrogens is 285 g/mol. The van der Waals surface area contributed by atoms with E-state index in [-0.39, 0.29) is 12.4 Å². The summed E-state index contributed by atoms with van der Waals surface area (Å²) in [6, 6.07) is 11.7. The molecule has 0 aliphatic carbocycles. The van der Waals surface area contributed by atoms with Crippen LogP contribution in [0.25, 0.3) is 5.69 Å². The lowest BCUT2D eigenvalue weighted by atomic mass is 10.3. The lowest BCUT2D eigenvalue weighted by Gasteiger charge is -2.04. The molecule has 0 aliphatic heterocycles. The zero-order chi connectivity index (χ0) is 15.5. The summed E-state index contributed by atoms with van der Waals surface area (Å²) in [4.78, 5) is 0. The Balaban J connectivity index is 1.74. The molecule has 2 N–H and O–H groups in total. The number of anilines is 1. The van der Waals surface area contributed by atoms with Gasteiger partial charge in [0.15, 0.2) is 0 Å². The molecule has 114 valence electrons. The van der Waals surface area contributed by atoms with Gasteiger partial charge in [-0.15, -0.1) is 0 Å². The van der Waals surface area contributed by atoms with Crippen LogP contribution in [0.3, 0.4) is 0 Å². The highest BCUT2D eigenvalue weighted by molar-refractivity contribution is 5.41. The Morgan fingerprint density at radius 1 is 1.23 bits per heavy atom. The van der Waals surface area contributed by atoms with Crippen molar-refractivity contribution in [3.8, 4) is 5.69 Å². The fourth-order valence-corrected chi connectivity index (χ4v) is 2.21. The van der Waals surface area contributed by atoms with Crippen LogP contribution in [0.1, 0.15) is 17.2 Å². The highest BCUT2D eigenvalue weighted by Crippen LogP contribution is 2.17. The molecular formula is C16H16FN3O2. The largest absolute Gasteiger partial charge is 0.462 e. The third kappa shape index (κ3) is 3.01. The molecule has 3 aromatic rings. The molecule has 0 amide bonds. The number of rotatable bonds is 5. The van der Waals surface area contributed by atoms with Crippen molar-refractivity contribution >= 4 is 5.82 Å². The number of nitrogens with zero attached hydrogens (tertiary/aromatic N) is 2. The average Bonchev–Trinajstić information content (AvgIpc) is 3.11. The van der Waals surface area contributed by atoms with E-state index in [2.05, 4.69) is 10.4 Å². The van der Waals surface area contributed by atoms with E-state index in [0.717, 1.165) is 5.69 Å². The summed E-state index contributed by atoms with van der Waals surface area (Å²) in [5.41, 5.74) is 1.56. The molecule has 1 aromatic carbocycles. The van der Waals surface area contributed by atoms with Gasteiger partial charge in [-0.1, -0.05) is 6.07 Å². The molecule has 0 atom stereocenters. The molecule has 0 spiro atoms. The molecule has 3 rings (SSSR count). The predicted molar refractivity (Wildman–Crippen MR) is 80.2 cm³/mol. The lowest BCUT2D eigenvalue weighted by molar-refractivity contribution is 0.244. The molecule has 0 saturated carbocycles. The zero-order valence-corrected chi connectivity index (χ0v) is 12.1. The summed E-state index contributed by atoms with van der Waals surface area (Å²) < 4.78 is 20.4. The van der Waals surface area contributed by atoms with Crippen LogP contribution in [0.15, 0.2) is 46.9 Å². The number of hydrogen-bond donors (Lipinski definition) is 2. The number of benzene rings is 1. The minimum Gasteiger partial charge on any atom is -0.462 e.